The van der Waals surface area contributed by atoms with Crippen molar-refractivity contribution in [1.82, 2.24) is 0 Å². The van der Waals surface area contributed by atoms with E-state index >= 15 is 17.6 Å². The molecule has 0 unspecified atom stereocenters. The van der Waals surface area contributed by atoms with Crippen LogP contribution in [0.15, 0.2) is 0 Å². The molecule has 0 N–H and O–H groups in total. The second kappa shape index (κ2) is 10.4. The van der Waals surface area contributed by atoms with E-state index in [1.54, 1.807) is 0 Å². The summed E-state index contributed by atoms with van der Waals surface area (Å²) in [4.78, 5) is 0. The maximum absolute atomic E-state index is 15.6. The van der Waals surface area contributed by atoms with Crippen molar-refractivity contribution in [3.63, 3.8) is 0 Å². The molecule has 0 aromatic heterocycles. The van der Waals surface area contributed by atoms with Gasteiger partial charge < -0.3 is 0 Å². The third-order valence-electron chi connectivity index (χ3n) is 9.22. The van der Waals surface area contributed by atoms with Crippen LogP contribution in [0.2, 0.25) is 12.6 Å². The fraction of sp³-hybridized carbons (Fsp3) is 0.586. The first-order valence-corrected chi connectivity index (χ1v) is 15.4. The summed E-state index contributed by atoms with van der Waals surface area (Å²) in [5.74, 6) is -23.7. The number of rotatable bonds is 3. The van der Waals surface area contributed by atoms with Crippen molar-refractivity contribution in [3.05, 3.63) is 58.2 Å². The zero-order valence-electron chi connectivity index (χ0n) is 24.7. The summed E-state index contributed by atoms with van der Waals surface area (Å²) in [6.07, 6.45) is -4.47. The third-order valence-corrected chi connectivity index (χ3v) is 17.1. The molecule has 1 aliphatic rings. The number of hydrogen-bond donors (Lipinski definition) is 0. The minimum absolute atomic E-state index is 0.00630. The van der Waals surface area contributed by atoms with Gasteiger partial charge in [-0.05, 0) is 68.7 Å². The molecule has 1 atom stereocenters. The average Bonchev–Trinajstić information content (AvgIpc) is 2.82. The van der Waals surface area contributed by atoms with Gasteiger partial charge in [-0.3, -0.25) is 0 Å². The molecule has 12 heteroatoms. The van der Waals surface area contributed by atoms with E-state index in [1.807, 2.05) is 62.3 Å². The van der Waals surface area contributed by atoms with Gasteiger partial charge in [-0.15, -0.1) is 17.2 Å². The first kappa shape index (κ1) is 33.7. The lowest BCUT2D eigenvalue weighted by Crippen LogP contribution is -2.67. The molecule has 1 heterocycles. The highest BCUT2D eigenvalue weighted by atomic mass is 31.2. The van der Waals surface area contributed by atoms with Crippen LogP contribution in [-0.4, -0.2) is 27.3 Å². The Balaban J connectivity index is 2.61. The van der Waals surface area contributed by atoms with E-state index in [-0.39, 0.29) is 6.42 Å². The van der Waals surface area contributed by atoms with Crippen LogP contribution in [0, 0.1) is 58.2 Å². The van der Waals surface area contributed by atoms with Crippen molar-refractivity contribution in [1.29, 1.82) is 0 Å². The third kappa shape index (κ3) is 4.71. The van der Waals surface area contributed by atoms with Crippen LogP contribution in [0.3, 0.4) is 0 Å². The summed E-state index contributed by atoms with van der Waals surface area (Å²) in [6.45, 7) is 17.7. The van der Waals surface area contributed by atoms with Gasteiger partial charge in [0.05, 0.1) is 21.6 Å². The van der Waals surface area contributed by atoms with Crippen LogP contribution in [-0.2, 0) is 0 Å². The molecule has 0 nitrogen and oxygen atoms in total. The molecule has 1 saturated heterocycles. The van der Waals surface area contributed by atoms with Gasteiger partial charge in [0.15, 0.2) is 34.9 Å². The lowest BCUT2D eigenvalue weighted by molar-refractivity contribution is 0.381. The minimum Gasteiger partial charge on any atom is -0.207 e. The van der Waals surface area contributed by atoms with Gasteiger partial charge in [0.2, 0.25) is 0 Å². The second-order valence-corrected chi connectivity index (χ2v) is 20.5. The SMILES string of the molecule is CC(C)(C)[P+]([C@@H]1CCC[B-](c2c(F)c(F)c(F)c(F)c2F)(c2c(F)c(F)c(F)c(F)c2F)C1)(C(C)(C)C)C(C)(C)C. The molecule has 0 radical (unpaired) electrons. The Morgan fingerprint density at radius 2 is 0.756 bits per heavy atom. The number of halogens is 10. The van der Waals surface area contributed by atoms with E-state index in [9.17, 15) is 26.3 Å². The van der Waals surface area contributed by atoms with Gasteiger partial charge >= 0.3 is 0 Å². The molecule has 0 aliphatic carbocycles. The van der Waals surface area contributed by atoms with Crippen LogP contribution >= 0.6 is 7.26 Å². The molecular formula is C29H36BF10P. The molecule has 3 rings (SSSR count). The van der Waals surface area contributed by atoms with Crippen molar-refractivity contribution < 1.29 is 43.9 Å². The van der Waals surface area contributed by atoms with Crippen LogP contribution in [0.25, 0.3) is 0 Å². The molecule has 0 bridgehead atoms. The van der Waals surface area contributed by atoms with E-state index < -0.39 is 116 Å². The first-order valence-electron chi connectivity index (χ1n) is 13.5. The zero-order chi connectivity index (χ0) is 31.8. The molecular weight excluding hydrogens is 580 g/mol. The normalized spacial score (nSPS) is 18.7. The van der Waals surface area contributed by atoms with Crippen molar-refractivity contribution in [2.75, 3.05) is 0 Å². The Labute approximate surface area is 235 Å². The summed E-state index contributed by atoms with van der Waals surface area (Å²) in [7, 11) is -2.57. The molecule has 0 spiro atoms. The van der Waals surface area contributed by atoms with Crippen LogP contribution in [0.1, 0.15) is 75.2 Å². The molecule has 230 valence electrons. The first-order chi connectivity index (χ1) is 18.4. The van der Waals surface area contributed by atoms with Crippen molar-refractivity contribution in [2.24, 2.45) is 0 Å². The smallest absolute Gasteiger partial charge is 0.200 e. The lowest BCUT2D eigenvalue weighted by atomic mass is 9.13. The van der Waals surface area contributed by atoms with E-state index in [0.29, 0.717) is 6.42 Å². The average molecular weight is 616 g/mol. The Kier molecular flexibility index (Phi) is 8.60. The van der Waals surface area contributed by atoms with Crippen LogP contribution < -0.4 is 10.9 Å². The predicted molar refractivity (Wildman–Crippen MR) is 146 cm³/mol. The monoisotopic (exact) mass is 616 g/mol. The van der Waals surface area contributed by atoms with Crippen molar-refractivity contribution in [3.8, 4) is 0 Å². The van der Waals surface area contributed by atoms with Crippen molar-refractivity contribution in [2.45, 2.75) is 109 Å². The van der Waals surface area contributed by atoms with E-state index in [2.05, 4.69) is 0 Å². The summed E-state index contributed by atoms with van der Waals surface area (Å²) in [5.41, 5.74) is -3.64. The Bertz CT molecular complexity index is 1200. The number of hydrogen-bond acceptors (Lipinski definition) is 0. The quantitative estimate of drug-likeness (QED) is 0.106. The maximum atomic E-state index is 15.6. The molecule has 2 aromatic carbocycles. The number of benzene rings is 2. The van der Waals surface area contributed by atoms with Gasteiger partial charge in [0.1, 0.15) is 23.3 Å². The van der Waals surface area contributed by atoms with Crippen LogP contribution in [0.5, 0.6) is 0 Å². The van der Waals surface area contributed by atoms with Gasteiger partial charge in [-0.25, -0.2) is 43.9 Å². The van der Waals surface area contributed by atoms with Gasteiger partial charge in [0, 0.05) is 12.9 Å². The largest absolute Gasteiger partial charge is 0.207 e. The summed E-state index contributed by atoms with van der Waals surface area (Å²) >= 11 is 0. The van der Waals surface area contributed by atoms with Gasteiger partial charge in [0.25, 0.3) is 0 Å². The second-order valence-electron chi connectivity index (χ2n) is 14.3. The topological polar surface area (TPSA) is 0 Å². The molecule has 41 heavy (non-hydrogen) atoms. The van der Waals surface area contributed by atoms with E-state index in [0.717, 1.165) is 0 Å². The predicted octanol–water partition coefficient (Wildman–Crippen LogP) is 9.22. The Hall–Kier alpha value is -1.77. The highest BCUT2D eigenvalue weighted by Crippen LogP contribution is 2.87. The van der Waals surface area contributed by atoms with Gasteiger partial charge in [-0.1, -0.05) is 6.42 Å². The summed E-state index contributed by atoms with van der Waals surface area (Å²) in [5, 5.41) is -1.54. The minimum atomic E-state index is -3.75. The van der Waals surface area contributed by atoms with Gasteiger partial charge in [-0.2, -0.15) is 6.32 Å². The van der Waals surface area contributed by atoms with Crippen LogP contribution in [0.4, 0.5) is 43.9 Å². The summed E-state index contributed by atoms with van der Waals surface area (Å²) in [6, 6.07) is 0. The zero-order valence-corrected chi connectivity index (χ0v) is 25.6. The fourth-order valence-corrected chi connectivity index (χ4v) is 19.9. The molecule has 1 fully saturated rings. The molecule has 0 amide bonds. The molecule has 0 saturated carbocycles. The molecule has 2 aromatic rings. The lowest BCUT2D eigenvalue weighted by Gasteiger charge is -2.62. The summed E-state index contributed by atoms with van der Waals surface area (Å²) < 4.78 is 149. The standard InChI is InChI=1S/C29H36BF10P/c1-27(2,3)41(28(4,5)6,29(7,8)9)14-11-10-12-30(13-14,15-17(31)21(35)25(39)22(36)18(15)32)16-19(33)23(37)26(40)24(38)20(16)34/h14H,10-13H2,1-9H3/t14-/m1/s1. The van der Waals surface area contributed by atoms with Crippen molar-refractivity contribution >= 4 is 24.3 Å². The fourth-order valence-electron chi connectivity index (χ4n) is 9.30. The Morgan fingerprint density at radius 3 is 1.02 bits per heavy atom. The highest BCUT2D eigenvalue weighted by Gasteiger charge is 2.68. The van der Waals surface area contributed by atoms with E-state index in [4.69, 9.17) is 0 Å². The molecule has 1 aliphatic heterocycles. The maximum Gasteiger partial charge on any atom is 0.200 e. The van der Waals surface area contributed by atoms with E-state index in [1.165, 1.54) is 0 Å². The highest BCUT2D eigenvalue weighted by molar-refractivity contribution is 7.80. The Morgan fingerprint density at radius 1 is 0.488 bits per heavy atom.